The minimum atomic E-state index is -0.406. The van der Waals surface area contributed by atoms with Crippen molar-refractivity contribution in [1.29, 1.82) is 0 Å². The highest BCUT2D eigenvalue weighted by molar-refractivity contribution is 7.98. The molecule has 0 saturated carbocycles. The molecule has 0 saturated heterocycles. The monoisotopic (exact) mass is 288 g/mol. The Kier molecular flexibility index (Phi) is 3.86. The SMILES string of the molecule is CSc1nc(Cl)c(-c2ccccc2F)c(Cl)n1. The van der Waals surface area contributed by atoms with Crippen LogP contribution < -0.4 is 0 Å². The Labute approximate surface area is 112 Å². The fraction of sp³-hybridized carbons (Fsp3) is 0.0909. The second-order valence-corrected chi connectivity index (χ2v) is 4.64. The van der Waals surface area contributed by atoms with Crippen molar-refractivity contribution in [2.45, 2.75) is 5.16 Å². The Balaban J connectivity index is 2.64. The van der Waals surface area contributed by atoms with Crippen LogP contribution in [-0.2, 0) is 0 Å². The van der Waals surface area contributed by atoms with Gasteiger partial charge in [0.1, 0.15) is 16.1 Å². The van der Waals surface area contributed by atoms with Crippen LogP contribution >= 0.6 is 35.0 Å². The van der Waals surface area contributed by atoms with Gasteiger partial charge in [-0.15, -0.1) is 0 Å². The van der Waals surface area contributed by atoms with Crippen molar-refractivity contribution < 1.29 is 4.39 Å². The van der Waals surface area contributed by atoms with Gasteiger partial charge in [-0.05, 0) is 12.3 Å². The van der Waals surface area contributed by atoms with E-state index in [2.05, 4.69) is 9.97 Å². The summed E-state index contributed by atoms with van der Waals surface area (Å²) in [5, 5.41) is 0.763. The first kappa shape index (κ1) is 12.6. The first-order valence-corrected chi connectivity index (χ1v) is 6.63. The normalized spacial score (nSPS) is 10.6. The van der Waals surface area contributed by atoms with Crippen LogP contribution in [0.15, 0.2) is 29.4 Å². The van der Waals surface area contributed by atoms with E-state index in [9.17, 15) is 4.39 Å². The maximum Gasteiger partial charge on any atom is 0.190 e. The molecule has 1 aromatic heterocycles. The summed E-state index contributed by atoms with van der Waals surface area (Å²) in [5.74, 6) is -0.406. The molecule has 0 bridgehead atoms. The third-order valence-electron chi connectivity index (χ3n) is 2.13. The molecule has 0 radical (unpaired) electrons. The van der Waals surface area contributed by atoms with E-state index in [1.165, 1.54) is 17.8 Å². The van der Waals surface area contributed by atoms with E-state index in [4.69, 9.17) is 23.2 Å². The summed E-state index contributed by atoms with van der Waals surface area (Å²) in [4.78, 5) is 8.07. The van der Waals surface area contributed by atoms with Gasteiger partial charge in [0, 0.05) is 5.56 Å². The molecule has 0 spiro atoms. The third kappa shape index (κ3) is 2.54. The molecule has 0 fully saturated rings. The highest BCUT2D eigenvalue weighted by Crippen LogP contribution is 2.34. The van der Waals surface area contributed by atoms with Gasteiger partial charge in [-0.25, -0.2) is 14.4 Å². The van der Waals surface area contributed by atoms with E-state index in [0.717, 1.165) is 0 Å². The van der Waals surface area contributed by atoms with Crippen molar-refractivity contribution in [3.63, 3.8) is 0 Å². The lowest BCUT2D eigenvalue weighted by Gasteiger charge is -2.08. The lowest BCUT2D eigenvalue weighted by Crippen LogP contribution is -1.94. The summed E-state index contributed by atoms with van der Waals surface area (Å²) in [6.07, 6.45) is 1.81. The molecule has 0 aliphatic rings. The molecule has 0 amide bonds. The fourth-order valence-electron chi connectivity index (χ4n) is 1.37. The first-order chi connectivity index (χ1) is 8.13. The average Bonchev–Trinajstić information content (AvgIpc) is 2.30. The molecule has 17 heavy (non-hydrogen) atoms. The molecule has 0 aliphatic heterocycles. The van der Waals surface area contributed by atoms with Crippen LogP contribution in [0.25, 0.3) is 11.1 Å². The lowest BCUT2D eigenvalue weighted by atomic mass is 10.1. The van der Waals surface area contributed by atoms with Crippen molar-refractivity contribution >= 4 is 35.0 Å². The van der Waals surface area contributed by atoms with Gasteiger partial charge in [0.15, 0.2) is 5.16 Å². The van der Waals surface area contributed by atoms with Crippen LogP contribution in [0.2, 0.25) is 10.3 Å². The second-order valence-electron chi connectivity index (χ2n) is 3.15. The largest absolute Gasteiger partial charge is 0.210 e. The summed E-state index contributed by atoms with van der Waals surface area (Å²) < 4.78 is 13.6. The molecule has 2 rings (SSSR count). The smallest absolute Gasteiger partial charge is 0.190 e. The van der Waals surface area contributed by atoms with E-state index < -0.39 is 5.82 Å². The van der Waals surface area contributed by atoms with E-state index in [0.29, 0.717) is 16.3 Å². The van der Waals surface area contributed by atoms with Gasteiger partial charge in [-0.3, -0.25) is 0 Å². The highest BCUT2D eigenvalue weighted by atomic mass is 35.5. The number of benzene rings is 1. The fourth-order valence-corrected chi connectivity index (χ4v) is 2.42. The van der Waals surface area contributed by atoms with Crippen molar-refractivity contribution in [2.24, 2.45) is 0 Å². The van der Waals surface area contributed by atoms with E-state index in [-0.39, 0.29) is 10.3 Å². The van der Waals surface area contributed by atoms with Gasteiger partial charge in [0.05, 0.1) is 5.56 Å². The number of halogens is 3. The highest BCUT2D eigenvalue weighted by Gasteiger charge is 2.16. The number of thioether (sulfide) groups is 1. The van der Waals surface area contributed by atoms with Gasteiger partial charge >= 0.3 is 0 Å². The van der Waals surface area contributed by atoms with E-state index >= 15 is 0 Å². The average molecular weight is 289 g/mol. The molecular weight excluding hydrogens is 282 g/mol. The lowest BCUT2D eigenvalue weighted by molar-refractivity contribution is 0.631. The molecular formula is C11H7Cl2FN2S. The maximum absolute atomic E-state index is 13.6. The minimum Gasteiger partial charge on any atom is -0.210 e. The topological polar surface area (TPSA) is 25.8 Å². The molecule has 2 nitrogen and oxygen atoms in total. The van der Waals surface area contributed by atoms with Crippen LogP contribution in [0.5, 0.6) is 0 Å². The third-order valence-corrected chi connectivity index (χ3v) is 3.22. The molecule has 1 aromatic carbocycles. The summed E-state index contributed by atoms with van der Waals surface area (Å²) in [6.45, 7) is 0. The molecule has 0 unspecified atom stereocenters. The number of nitrogens with zero attached hydrogens (tertiary/aromatic N) is 2. The Morgan fingerprint density at radius 2 is 1.71 bits per heavy atom. The second kappa shape index (κ2) is 5.21. The van der Waals surface area contributed by atoms with Crippen LogP contribution in [0.4, 0.5) is 4.39 Å². The standard InChI is InChI=1S/C11H7Cl2FN2S/c1-17-11-15-9(12)8(10(13)16-11)6-4-2-3-5-7(6)14/h2-5H,1H3. The Morgan fingerprint density at radius 3 is 2.24 bits per heavy atom. The molecule has 2 aromatic rings. The summed E-state index contributed by atoms with van der Waals surface area (Å²) in [6, 6.07) is 6.22. The molecule has 88 valence electrons. The van der Waals surface area contributed by atoms with E-state index in [1.807, 2.05) is 6.26 Å². The van der Waals surface area contributed by atoms with Gasteiger partial charge < -0.3 is 0 Å². The summed E-state index contributed by atoms with van der Waals surface area (Å²) in [5.41, 5.74) is 0.624. The van der Waals surface area contributed by atoms with Crippen molar-refractivity contribution in [3.05, 3.63) is 40.4 Å². The predicted octanol–water partition coefficient (Wildman–Crippen LogP) is 4.31. The van der Waals surface area contributed by atoms with E-state index in [1.54, 1.807) is 18.2 Å². The Hall–Kier alpha value is -0.840. The minimum absolute atomic E-state index is 0.152. The van der Waals surface area contributed by atoms with Crippen LogP contribution in [0, 0.1) is 5.82 Å². The van der Waals surface area contributed by atoms with Gasteiger partial charge in [0.25, 0.3) is 0 Å². The van der Waals surface area contributed by atoms with Crippen molar-refractivity contribution in [1.82, 2.24) is 9.97 Å². The summed E-state index contributed by atoms with van der Waals surface area (Å²) >= 11 is 13.3. The molecule has 0 aliphatic carbocycles. The zero-order valence-electron chi connectivity index (χ0n) is 8.75. The predicted molar refractivity (Wildman–Crippen MR) is 69.2 cm³/mol. The quantitative estimate of drug-likeness (QED) is 0.468. The number of rotatable bonds is 2. The zero-order valence-corrected chi connectivity index (χ0v) is 11.1. The summed E-state index contributed by atoms with van der Waals surface area (Å²) in [7, 11) is 0. The van der Waals surface area contributed by atoms with Gasteiger partial charge in [-0.2, -0.15) is 0 Å². The number of aromatic nitrogens is 2. The first-order valence-electron chi connectivity index (χ1n) is 4.65. The van der Waals surface area contributed by atoms with Crippen LogP contribution in [0.1, 0.15) is 0 Å². The van der Waals surface area contributed by atoms with Crippen molar-refractivity contribution in [3.8, 4) is 11.1 Å². The van der Waals surface area contributed by atoms with Gasteiger partial charge in [0.2, 0.25) is 0 Å². The van der Waals surface area contributed by atoms with Crippen LogP contribution in [0.3, 0.4) is 0 Å². The zero-order chi connectivity index (χ0) is 12.4. The van der Waals surface area contributed by atoms with Crippen LogP contribution in [-0.4, -0.2) is 16.2 Å². The number of hydrogen-bond donors (Lipinski definition) is 0. The molecule has 0 N–H and O–H groups in total. The Morgan fingerprint density at radius 1 is 1.12 bits per heavy atom. The molecule has 1 heterocycles. The molecule has 0 atom stereocenters. The van der Waals surface area contributed by atoms with Gasteiger partial charge in [-0.1, -0.05) is 53.2 Å². The molecule has 6 heteroatoms. The Bertz CT molecular complexity index is 540. The maximum atomic E-state index is 13.6. The van der Waals surface area contributed by atoms with Crippen molar-refractivity contribution in [2.75, 3.05) is 6.26 Å². The number of hydrogen-bond acceptors (Lipinski definition) is 3.